The predicted octanol–water partition coefficient (Wildman–Crippen LogP) is 4.38. The van der Waals surface area contributed by atoms with Gasteiger partial charge in [-0.15, -0.1) is 0 Å². The molecule has 1 aromatic rings. The Morgan fingerprint density at radius 2 is 1.73 bits per heavy atom. The minimum atomic E-state index is -1.25. The van der Waals surface area contributed by atoms with Crippen LogP contribution in [0.3, 0.4) is 0 Å². The number of aliphatic hydroxyl groups is 1. The molecular weight excluding hydrogens is 720 g/mol. The van der Waals surface area contributed by atoms with Gasteiger partial charge in [0, 0.05) is 42.3 Å². The van der Waals surface area contributed by atoms with Crippen LogP contribution in [0.2, 0.25) is 0 Å². The minimum absolute atomic E-state index is 0.0185. The van der Waals surface area contributed by atoms with Crippen molar-refractivity contribution in [2.24, 2.45) is 29.6 Å². The van der Waals surface area contributed by atoms with Gasteiger partial charge in [0.25, 0.3) is 0 Å². The summed E-state index contributed by atoms with van der Waals surface area (Å²) in [6, 6.07) is 9.30. The average molecular weight is 785 g/mol. The van der Waals surface area contributed by atoms with Crippen LogP contribution >= 0.6 is 0 Å². The van der Waals surface area contributed by atoms with Crippen LogP contribution in [0.4, 0.5) is 0 Å². The standard InChI is InChI=1S/C43H64N2O11/c1-11-33-43(8)31(19-35(47)56-43)26(4)36(48)24(2)20-42(7)39(55-41-37(49)32(45(9)10)17-25(3)53-41)27(5)38(28(6)40(50)54-33)51-22-30(23-52-42)18-34(46)44-21-29-15-13-12-14-16-29/h12-16,18,24-28,31-33,37-39,41,49H,11,17,19-23H2,1-10H3,(H,44,46)/t24-,25-,26-,27-,28-,31+,32+,33-,37-,38+,39-,41+,42-,43+/m1/s1. The summed E-state index contributed by atoms with van der Waals surface area (Å²) in [4.78, 5) is 57.0. The van der Waals surface area contributed by atoms with Gasteiger partial charge in [0.15, 0.2) is 6.29 Å². The highest BCUT2D eigenvalue weighted by molar-refractivity contribution is 5.88. The van der Waals surface area contributed by atoms with Gasteiger partial charge in [-0.05, 0) is 72.2 Å². The fourth-order valence-corrected chi connectivity index (χ4v) is 9.48. The number of nitrogens with one attached hydrogen (secondary N) is 1. The summed E-state index contributed by atoms with van der Waals surface area (Å²) in [7, 11) is 3.80. The van der Waals surface area contributed by atoms with Crippen LogP contribution in [0, 0.1) is 29.6 Å². The molecule has 56 heavy (non-hydrogen) atoms. The van der Waals surface area contributed by atoms with Crippen LogP contribution in [0.5, 0.6) is 0 Å². The molecule has 0 unspecified atom stereocenters. The maximum atomic E-state index is 14.5. The number of Topliss-reactive ketones (excluding diaryl/α,β-unsaturated/α-hetero) is 1. The molecule has 13 nitrogen and oxygen atoms in total. The number of aliphatic hydroxyl groups excluding tert-OH is 1. The highest BCUT2D eigenvalue weighted by Crippen LogP contribution is 2.46. The molecule has 4 heterocycles. The monoisotopic (exact) mass is 784 g/mol. The number of cyclic esters (lactones) is 1. The van der Waals surface area contributed by atoms with Crippen molar-refractivity contribution in [2.45, 2.75) is 142 Å². The van der Waals surface area contributed by atoms with Gasteiger partial charge < -0.3 is 43.7 Å². The van der Waals surface area contributed by atoms with Crippen molar-refractivity contribution >= 4 is 23.6 Å². The Morgan fingerprint density at radius 1 is 1.04 bits per heavy atom. The Labute approximate surface area is 332 Å². The molecule has 4 saturated heterocycles. The van der Waals surface area contributed by atoms with E-state index >= 15 is 0 Å². The largest absolute Gasteiger partial charge is 0.458 e. The van der Waals surface area contributed by atoms with Gasteiger partial charge in [-0.25, -0.2) is 0 Å². The van der Waals surface area contributed by atoms with Gasteiger partial charge in [-0.3, -0.25) is 19.2 Å². The molecule has 0 aromatic heterocycles. The topological polar surface area (TPSA) is 159 Å². The number of amides is 1. The fourth-order valence-electron chi connectivity index (χ4n) is 9.48. The number of ketones is 1. The molecule has 0 aliphatic carbocycles. The second-order valence-electron chi connectivity index (χ2n) is 17.3. The molecule has 14 atom stereocenters. The Bertz CT molecular complexity index is 1590. The Morgan fingerprint density at radius 3 is 2.39 bits per heavy atom. The summed E-state index contributed by atoms with van der Waals surface area (Å²) in [5.74, 6) is -4.68. The first-order valence-corrected chi connectivity index (χ1v) is 20.3. The molecule has 13 heteroatoms. The van der Waals surface area contributed by atoms with Crippen LogP contribution in [-0.2, 0) is 54.1 Å². The minimum Gasteiger partial charge on any atom is -0.458 e. The number of rotatable bonds is 7. The van der Waals surface area contributed by atoms with Crippen molar-refractivity contribution in [2.75, 3.05) is 27.3 Å². The van der Waals surface area contributed by atoms with Crippen molar-refractivity contribution in [3.8, 4) is 0 Å². The molecular formula is C43H64N2O11. The fraction of sp³-hybridized carbons (Fsp3) is 0.721. The van der Waals surface area contributed by atoms with E-state index in [9.17, 15) is 24.3 Å². The molecule has 2 bridgehead atoms. The molecule has 5 rings (SSSR count). The van der Waals surface area contributed by atoms with Gasteiger partial charge in [-0.2, -0.15) is 0 Å². The first kappa shape index (κ1) is 43.9. The number of hydrogen-bond acceptors (Lipinski definition) is 12. The number of fused-ring (bicyclic) bond motifs is 4. The van der Waals surface area contributed by atoms with E-state index in [1.54, 1.807) is 13.8 Å². The Kier molecular flexibility index (Phi) is 14.2. The molecule has 0 radical (unpaired) electrons. The van der Waals surface area contributed by atoms with E-state index in [1.807, 2.05) is 90.9 Å². The summed E-state index contributed by atoms with van der Waals surface area (Å²) in [6.45, 7) is 14.9. The third-order valence-corrected chi connectivity index (χ3v) is 12.7. The molecule has 0 spiro atoms. The molecule has 0 saturated carbocycles. The number of likely N-dealkylation sites (N-methyl/N-ethyl adjacent to an activating group) is 1. The molecule has 1 aromatic carbocycles. The SMILES string of the molecule is CC[C@H]1OC(=O)[C@H](C)[C@H]2OCC(=CC(=O)NCc3ccccc3)CO[C@](C)(C[C@@H](C)C(=O)[C@H](C)[C@@H]3CC(=O)O[C@]13C)[C@H](O[C@@H]1O[C@H](C)C[C@H](N(C)C)[C@H]1O)[C@@H]2C. The van der Waals surface area contributed by atoms with E-state index in [1.165, 1.54) is 6.08 Å². The van der Waals surface area contributed by atoms with Gasteiger partial charge in [0.2, 0.25) is 5.91 Å². The highest BCUT2D eigenvalue weighted by Gasteiger charge is 2.57. The number of benzene rings is 1. The summed E-state index contributed by atoms with van der Waals surface area (Å²) in [5, 5.41) is 14.6. The summed E-state index contributed by atoms with van der Waals surface area (Å²) < 4.78 is 38.9. The number of carbonyl (C=O) groups excluding carboxylic acids is 4. The third kappa shape index (κ3) is 9.56. The first-order valence-electron chi connectivity index (χ1n) is 20.3. The smallest absolute Gasteiger partial charge is 0.311 e. The van der Waals surface area contributed by atoms with E-state index in [0.717, 1.165) is 5.56 Å². The normalized spacial score (nSPS) is 40.9. The summed E-state index contributed by atoms with van der Waals surface area (Å²) >= 11 is 0. The van der Waals surface area contributed by atoms with Crippen molar-refractivity contribution in [1.29, 1.82) is 0 Å². The van der Waals surface area contributed by atoms with Crippen molar-refractivity contribution in [3.05, 3.63) is 47.5 Å². The first-order chi connectivity index (χ1) is 26.4. The van der Waals surface area contributed by atoms with E-state index in [-0.39, 0.29) is 49.9 Å². The maximum Gasteiger partial charge on any atom is 0.311 e. The lowest BCUT2D eigenvalue weighted by Crippen LogP contribution is -2.60. The van der Waals surface area contributed by atoms with Crippen LogP contribution in [0.15, 0.2) is 42.0 Å². The van der Waals surface area contributed by atoms with Gasteiger partial charge in [0.05, 0.1) is 49.5 Å². The molecule has 4 fully saturated rings. The summed E-state index contributed by atoms with van der Waals surface area (Å²) in [6.07, 6.45) is -2.31. The Hall–Kier alpha value is -3.20. The van der Waals surface area contributed by atoms with E-state index in [2.05, 4.69) is 5.32 Å². The molecule has 312 valence electrons. The molecule has 4 aliphatic heterocycles. The Balaban J connectivity index is 1.59. The van der Waals surface area contributed by atoms with Crippen LogP contribution in [0.1, 0.15) is 86.6 Å². The quantitative estimate of drug-likeness (QED) is 0.298. The second-order valence-corrected chi connectivity index (χ2v) is 17.3. The number of hydrogen-bond donors (Lipinski definition) is 2. The number of carbonyl (C=O) groups is 4. The van der Waals surface area contributed by atoms with E-state index in [0.29, 0.717) is 25.0 Å². The average Bonchev–Trinajstić information content (AvgIpc) is 3.49. The molecule has 2 N–H and O–H groups in total. The van der Waals surface area contributed by atoms with Crippen LogP contribution in [-0.4, -0.2) is 115 Å². The predicted molar refractivity (Wildman–Crippen MR) is 207 cm³/mol. The zero-order valence-corrected chi connectivity index (χ0v) is 34.8. The third-order valence-electron chi connectivity index (χ3n) is 12.7. The lowest BCUT2D eigenvalue weighted by Gasteiger charge is -2.48. The van der Waals surface area contributed by atoms with Gasteiger partial charge >= 0.3 is 11.9 Å². The maximum absolute atomic E-state index is 14.5. The van der Waals surface area contributed by atoms with Crippen molar-refractivity contribution in [3.63, 3.8) is 0 Å². The van der Waals surface area contributed by atoms with Crippen molar-refractivity contribution < 1.29 is 52.7 Å². The zero-order valence-electron chi connectivity index (χ0n) is 34.8. The van der Waals surface area contributed by atoms with E-state index in [4.69, 9.17) is 28.4 Å². The number of esters is 2. The summed E-state index contributed by atoms with van der Waals surface area (Å²) in [5.41, 5.74) is -1.01. The molecule has 1 amide bonds. The highest BCUT2D eigenvalue weighted by atomic mass is 16.7. The van der Waals surface area contributed by atoms with Gasteiger partial charge in [-0.1, -0.05) is 58.0 Å². The van der Waals surface area contributed by atoms with E-state index < -0.39 is 83.4 Å². The van der Waals surface area contributed by atoms with Gasteiger partial charge in [0.1, 0.15) is 23.6 Å². The lowest BCUT2D eigenvalue weighted by atomic mass is 9.70. The van der Waals surface area contributed by atoms with Crippen molar-refractivity contribution in [1.82, 2.24) is 10.2 Å². The lowest BCUT2D eigenvalue weighted by molar-refractivity contribution is -0.302. The zero-order chi connectivity index (χ0) is 41.1. The molecule has 4 aliphatic rings. The number of ether oxygens (including phenoxy) is 6. The van der Waals surface area contributed by atoms with Crippen LogP contribution < -0.4 is 5.32 Å². The number of nitrogens with zero attached hydrogens (tertiary/aromatic N) is 1. The van der Waals surface area contributed by atoms with Crippen LogP contribution in [0.25, 0.3) is 0 Å². The second kappa shape index (κ2) is 18.2.